The van der Waals surface area contributed by atoms with E-state index in [1.807, 2.05) is 6.07 Å². The van der Waals surface area contributed by atoms with Gasteiger partial charge in [0, 0.05) is 11.7 Å². The number of phenols is 1. The lowest BCUT2D eigenvalue weighted by molar-refractivity contribution is 0.475. The normalized spacial score (nSPS) is 25.5. The van der Waals surface area contributed by atoms with E-state index in [-0.39, 0.29) is 5.75 Å². The first-order valence-corrected chi connectivity index (χ1v) is 5.78. The van der Waals surface area contributed by atoms with E-state index in [0.717, 1.165) is 11.6 Å². The molecule has 0 spiro atoms. The molecule has 0 bridgehead atoms. The number of hydrogen-bond acceptors (Lipinski definition) is 2. The topological polar surface area (TPSA) is 32.3 Å². The minimum absolute atomic E-state index is 0.141. The summed E-state index contributed by atoms with van der Waals surface area (Å²) in [7, 11) is 0. The first-order valence-electron chi connectivity index (χ1n) is 5.40. The van der Waals surface area contributed by atoms with E-state index >= 15 is 0 Å². The molecule has 1 aromatic carbocycles. The monoisotopic (exact) mass is 225 g/mol. The van der Waals surface area contributed by atoms with Crippen LogP contribution >= 0.6 is 11.6 Å². The van der Waals surface area contributed by atoms with Gasteiger partial charge in [0.2, 0.25) is 0 Å². The number of benzene rings is 1. The van der Waals surface area contributed by atoms with Gasteiger partial charge in [0.15, 0.2) is 0 Å². The summed E-state index contributed by atoms with van der Waals surface area (Å²) in [6, 6.07) is 5.83. The highest BCUT2D eigenvalue weighted by Crippen LogP contribution is 2.30. The van der Waals surface area contributed by atoms with Gasteiger partial charge in [-0.25, -0.2) is 0 Å². The maximum atomic E-state index is 9.29. The number of aromatic hydroxyl groups is 1. The average Bonchev–Trinajstić information content (AvgIpc) is 2.58. The van der Waals surface area contributed by atoms with Crippen LogP contribution in [0.4, 0.5) is 5.69 Å². The molecule has 2 unspecified atom stereocenters. The molecule has 1 aliphatic carbocycles. The van der Waals surface area contributed by atoms with Crippen molar-refractivity contribution in [3.8, 4) is 5.75 Å². The Kier molecular flexibility index (Phi) is 3.06. The van der Waals surface area contributed by atoms with E-state index in [1.54, 1.807) is 12.1 Å². The molecule has 0 heterocycles. The Morgan fingerprint density at radius 1 is 1.40 bits per heavy atom. The minimum atomic E-state index is 0.141. The predicted octanol–water partition coefficient (Wildman–Crippen LogP) is 3.65. The summed E-state index contributed by atoms with van der Waals surface area (Å²) in [5.74, 6) is 0.956. The van der Waals surface area contributed by atoms with E-state index in [2.05, 4.69) is 12.2 Å². The average molecular weight is 226 g/mol. The summed E-state index contributed by atoms with van der Waals surface area (Å²) < 4.78 is 0. The van der Waals surface area contributed by atoms with Crippen molar-refractivity contribution in [3.63, 3.8) is 0 Å². The van der Waals surface area contributed by atoms with E-state index < -0.39 is 0 Å². The van der Waals surface area contributed by atoms with Crippen molar-refractivity contribution in [2.24, 2.45) is 5.92 Å². The van der Waals surface area contributed by atoms with Crippen LogP contribution in [-0.4, -0.2) is 11.1 Å². The molecular formula is C12H16ClNO. The molecule has 3 heteroatoms. The molecule has 82 valence electrons. The molecular weight excluding hydrogens is 210 g/mol. The Labute approximate surface area is 95.3 Å². The zero-order valence-corrected chi connectivity index (χ0v) is 9.59. The fourth-order valence-corrected chi connectivity index (χ4v) is 2.35. The Bertz CT molecular complexity index is 353. The molecule has 15 heavy (non-hydrogen) atoms. The second kappa shape index (κ2) is 4.31. The summed E-state index contributed by atoms with van der Waals surface area (Å²) in [6.07, 6.45) is 3.74. The lowest BCUT2D eigenvalue weighted by atomic mass is 10.1. The van der Waals surface area contributed by atoms with Gasteiger partial charge in [0.05, 0.1) is 5.02 Å². The van der Waals surface area contributed by atoms with Crippen LogP contribution in [0.2, 0.25) is 5.02 Å². The second-order valence-electron chi connectivity index (χ2n) is 4.43. The molecule has 0 aliphatic heterocycles. The van der Waals surface area contributed by atoms with Gasteiger partial charge in [0.25, 0.3) is 0 Å². The molecule has 1 fully saturated rings. The van der Waals surface area contributed by atoms with Crippen LogP contribution < -0.4 is 5.32 Å². The van der Waals surface area contributed by atoms with Crippen molar-refractivity contribution in [2.45, 2.75) is 32.2 Å². The zero-order chi connectivity index (χ0) is 10.8. The molecule has 0 radical (unpaired) electrons. The summed E-state index contributed by atoms with van der Waals surface area (Å²) in [5.41, 5.74) is 0.997. The minimum Gasteiger partial charge on any atom is -0.506 e. The molecule has 2 N–H and O–H groups in total. The molecule has 0 saturated heterocycles. The van der Waals surface area contributed by atoms with Crippen molar-refractivity contribution in [1.29, 1.82) is 0 Å². The van der Waals surface area contributed by atoms with Gasteiger partial charge >= 0.3 is 0 Å². The van der Waals surface area contributed by atoms with E-state index in [4.69, 9.17) is 11.6 Å². The lowest BCUT2D eigenvalue weighted by Crippen LogP contribution is -2.14. The number of nitrogens with one attached hydrogen (secondary N) is 1. The van der Waals surface area contributed by atoms with Crippen LogP contribution in [0.25, 0.3) is 0 Å². The van der Waals surface area contributed by atoms with Crippen molar-refractivity contribution in [3.05, 3.63) is 23.2 Å². The van der Waals surface area contributed by atoms with Gasteiger partial charge in [-0.2, -0.15) is 0 Å². The molecule has 0 amide bonds. The van der Waals surface area contributed by atoms with Crippen molar-refractivity contribution < 1.29 is 5.11 Å². The second-order valence-corrected chi connectivity index (χ2v) is 4.83. The van der Waals surface area contributed by atoms with E-state index in [0.29, 0.717) is 11.1 Å². The predicted molar refractivity (Wildman–Crippen MR) is 63.5 cm³/mol. The third kappa shape index (κ3) is 2.57. The fraction of sp³-hybridized carbons (Fsp3) is 0.500. The highest BCUT2D eigenvalue weighted by atomic mass is 35.5. The maximum Gasteiger partial charge on any atom is 0.134 e. The summed E-state index contributed by atoms with van der Waals surface area (Å²) in [6.45, 7) is 2.28. The number of phenolic OH excluding ortho intramolecular Hbond substituents is 1. The number of rotatable bonds is 2. The maximum absolute atomic E-state index is 9.29. The van der Waals surface area contributed by atoms with Crippen molar-refractivity contribution in [1.82, 2.24) is 0 Å². The molecule has 2 atom stereocenters. The fourth-order valence-electron chi connectivity index (χ4n) is 2.17. The summed E-state index contributed by atoms with van der Waals surface area (Å²) in [4.78, 5) is 0. The highest BCUT2D eigenvalue weighted by molar-refractivity contribution is 6.32. The molecule has 1 aromatic rings. The van der Waals surface area contributed by atoms with Gasteiger partial charge in [-0.1, -0.05) is 18.5 Å². The first-order chi connectivity index (χ1) is 7.15. The van der Waals surface area contributed by atoms with Crippen LogP contribution in [0.3, 0.4) is 0 Å². The number of halogens is 1. The van der Waals surface area contributed by atoms with E-state index in [9.17, 15) is 5.11 Å². The van der Waals surface area contributed by atoms with E-state index in [1.165, 1.54) is 19.3 Å². The Morgan fingerprint density at radius 2 is 2.20 bits per heavy atom. The molecule has 2 rings (SSSR count). The standard InChI is InChI=1S/C12H16ClNO/c1-8-2-3-9(6-8)14-10-4-5-12(15)11(13)7-10/h4-5,7-9,14-15H,2-3,6H2,1H3. The molecule has 1 aliphatic rings. The van der Waals surface area contributed by atoms with Gasteiger partial charge in [0.1, 0.15) is 5.75 Å². The molecule has 2 nitrogen and oxygen atoms in total. The highest BCUT2D eigenvalue weighted by Gasteiger charge is 2.20. The summed E-state index contributed by atoms with van der Waals surface area (Å²) >= 11 is 5.84. The quantitative estimate of drug-likeness (QED) is 0.754. The van der Waals surface area contributed by atoms with Gasteiger partial charge < -0.3 is 10.4 Å². The number of anilines is 1. The Balaban J connectivity index is 2.02. The largest absolute Gasteiger partial charge is 0.506 e. The lowest BCUT2D eigenvalue weighted by Gasteiger charge is -2.14. The smallest absolute Gasteiger partial charge is 0.134 e. The number of hydrogen-bond donors (Lipinski definition) is 2. The van der Waals surface area contributed by atoms with Gasteiger partial charge in [-0.05, 0) is 43.4 Å². The third-order valence-corrected chi connectivity index (χ3v) is 3.32. The summed E-state index contributed by atoms with van der Waals surface area (Å²) in [5, 5.41) is 13.1. The van der Waals surface area contributed by atoms with Crippen LogP contribution in [0.5, 0.6) is 5.75 Å². The Morgan fingerprint density at radius 3 is 2.80 bits per heavy atom. The zero-order valence-electron chi connectivity index (χ0n) is 8.83. The van der Waals surface area contributed by atoms with Crippen LogP contribution in [0.15, 0.2) is 18.2 Å². The van der Waals surface area contributed by atoms with Gasteiger partial charge in [-0.15, -0.1) is 0 Å². The SMILES string of the molecule is CC1CCC(Nc2ccc(O)c(Cl)c2)C1. The Hall–Kier alpha value is -0.890. The van der Waals surface area contributed by atoms with Crippen LogP contribution in [0, 0.1) is 5.92 Å². The van der Waals surface area contributed by atoms with Crippen LogP contribution in [-0.2, 0) is 0 Å². The van der Waals surface area contributed by atoms with Crippen LogP contribution in [0.1, 0.15) is 26.2 Å². The van der Waals surface area contributed by atoms with Crippen molar-refractivity contribution >= 4 is 17.3 Å². The molecule has 0 aromatic heterocycles. The van der Waals surface area contributed by atoms with Gasteiger partial charge in [-0.3, -0.25) is 0 Å². The molecule has 1 saturated carbocycles. The first kappa shape index (κ1) is 10.6. The van der Waals surface area contributed by atoms with Crippen molar-refractivity contribution in [2.75, 3.05) is 5.32 Å². The third-order valence-electron chi connectivity index (χ3n) is 3.01.